The lowest BCUT2D eigenvalue weighted by Crippen LogP contribution is -2.19. The molecule has 0 saturated carbocycles. The molecule has 0 aliphatic rings. The lowest BCUT2D eigenvalue weighted by molar-refractivity contribution is -0.116. The average Bonchev–Trinajstić information content (AvgIpc) is 3.27. The minimum atomic E-state index is -0.378. The lowest BCUT2D eigenvalue weighted by atomic mass is 10.2. The van der Waals surface area contributed by atoms with Crippen LogP contribution < -0.4 is 10.6 Å². The minimum Gasteiger partial charge on any atom is -0.342 e. The first kappa shape index (κ1) is 18.4. The monoisotopic (exact) mass is 392 g/mol. The molecular formula is C20H17FN6O2. The summed E-state index contributed by atoms with van der Waals surface area (Å²) in [5.41, 5.74) is 3.00. The second-order valence-corrected chi connectivity index (χ2v) is 6.49. The number of halogens is 1. The molecule has 9 heteroatoms. The molecular weight excluding hydrogens is 375 g/mol. The maximum Gasteiger partial charge on any atom is 0.255 e. The van der Waals surface area contributed by atoms with Gasteiger partial charge in [0.05, 0.1) is 22.9 Å². The number of benzene rings is 2. The molecule has 2 amide bonds. The first-order valence-corrected chi connectivity index (χ1v) is 8.82. The van der Waals surface area contributed by atoms with E-state index in [-0.39, 0.29) is 24.2 Å². The lowest BCUT2D eigenvalue weighted by Gasteiger charge is -2.05. The number of amides is 2. The summed E-state index contributed by atoms with van der Waals surface area (Å²) in [6.45, 7) is 1.80. The summed E-state index contributed by atoms with van der Waals surface area (Å²) < 4.78 is 14.3. The van der Waals surface area contributed by atoms with Gasteiger partial charge in [0.1, 0.15) is 18.2 Å². The number of carbonyl (C=O) groups excluding carboxylic acids is 2. The van der Waals surface area contributed by atoms with Crippen molar-refractivity contribution in [3.8, 4) is 0 Å². The highest BCUT2D eigenvalue weighted by atomic mass is 19.1. The standard InChI is InChI=1S/C20H17FN6O2/c1-12-23-17-7-2-13(8-18(17)24-12)20(29)26-16-9-22-27(10-16)11-19(28)25-15-5-3-14(21)4-6-15/h2-10H,11H2,1H3,(H,23,24)(H,25,28)(H,26,29). The van der Waals surface area contributed by atoms with Crippen LogP contribution in [-0.2, 0) is 11.3 Å². The van der Waals surface area contributed by atoms with Gasteiger partial charge in [0.2, 0.25) is 5.91 Å². The molecule has 2 heterocycles. The van der Waals surface area contributed by atoms with Gasteiger partial charge in [-0.1, -0.05) is 0 Å². The molecule has 8 nitrogen and oxygen atoms in total. The molecule has 4 aromatic rings. The van der Waals surface area contributed by atoms with Crippen molar-refractivity contribution in [2.45, 2.75) is 13.5 Å². The van der Waals surface area contributed by atoms with Crippen molar-refractivity contribution in [1.82, 2.24) is 19.7 Å². The fraction of sp³-hybridized carbons (Fsp3) is 0.100. The van der Waals surface area contributed by atoms with Crippen LogP contribution >= 0.6 is 0 Å². The Morgan fingerprint density at radius 2 is 1.90 bits per heavy atom. The number of imidazole rings is 1. The number of H-pyrrole nitrogens is 1. The van der Waals surface area contributed by atoms with Gasteiger partial charge in [-0.05, 0) is 49.4 Å². The van der Waals surface area contributed by atoms with Gasteiger partial charge < -0.3 is 15.6 Å². The molecule has 0 bridgehead atoms. The van der Waals surface area contributed by atoms with Crippen molar-refractivity contribution in [3.05, 3.63) is 72.1 Å². The van der Waals surface area contributed by atoms with Gasteiger partial charge >= 0.3 is 0 Å². The predicted octanol–water partition coefficient (Wildman–Crippen LogP) is 3.10. The van der Waals surface area contributed by atoms with Crippen LogP contribution in [0.25, 0.3) is 11.0 Å². The summed E-state index contributed by atoms with van der Waals surface area (Å²) in [5.74, 6) is -0.220. The van der Waals surface area contributed by atoms with E-state index in [1.165, 1.54) is 35.1 Å². The molecule has 0 saturated heterocycles. The number of aryl methyl sites for hydroxylation is 1. The number of aromatic amines is 1. The molecule has 3 N–H and O–H groups in total. The number of aromatic nitrogens is 4. The Balaban J connectivity index is 1.38. The van der Waals surface area contributed by atoms with E-state index in [0.29, 0.717) is 16.9 Å². The molecule has 29 heavy (non-hydrogen) atoms. The van der Waals surface area contributed by atoms with Gasteiger partial charge in [-0.25, -0.2) is 9.37 Å². The topological polar surface area (TPSA) is 105 Å². The summed E-state index contributed by atoms with van der Waals surface area (Å²) in [6.07, 6.45) is 3.02. The zero-order valence-corrected chi connectivity index (χ0v) is 15.4. The third-order valence-corrected chi connectivity index (χ3v) is 4.19. The number of fused-ring (bicyclic) bond motifs is 1. The minimum absolute atomic E-state index is 0.0490. The Hall–Kier alpha value is -4.01. The quantitative estimate of drug-likeness (QED) is 0.485. The Morgan fingerprint density at radius 1 is 1.10 bits per heavy atom. The van der Waals surface area contributed by atoms with Crippen molar-refractivity contribution >= 4 is 34.2 Å². The summed E-state index contributed by atoms with van der Waals surface area (Å²) in [7, 11) is 0. The SMILES string of the molecule is Cc1nc2ccc(C(=O)Nc3cnn(CC(=O)Nc4ccc(F)cc4)c3)cc2[nH]1. The fourth-order valence-electron chi connectivity index (χ4n) is 2.88. The molecule has 0 aliphatic heterocycles. The van der Waals surface area contributed by atoms with Gasteiger partial charge in [0.15, 0.2) is 0 Å². The van der Waals surface area contributed by atoms with E-state index < -0.39 is 0 Å². The number of carbonyl (C=O) groups is 2. The largest absolute Gasteiger partial charge is 0.342 e. The second kappa shape index (κ2) is 7.55. The zero-order chi connectivity index (χ0) is 20.4. The van der Waals surface area contributed by atoms with Crippen LogP contribution in [0, 0.1) is 12.7 Å². The van der Waals surface area contributed by atoms with Crippen molar-refractivity contribution in [2.24, 2.45) is 0 Å². The number of hydrogen-bond donors (Lipinski definition) is 3. The van der Waals surface area contributed by atoms with Crippen LogP contribution in [0.3, 0.4) is 0 Å². The van der Waals surface area contributed by atoms with Crippen molar-refractivity contribution in [3.63, 3.8) is 0 Å². The smallest absolute Gasteiger partial charge is 0.255 e. The zero-order valence-electron chi connectivity index (χ0n) is 15.4. The van der Waals surface area contributed by atoms with E-state index in [2.05, 4.69) is 25.7 Å². The molecule has 0 spiro atoms. The van der Waals surface area contributed by atoms with E-state index in [0.717, 1.165) is 16.9 Å². The average molecular weight is 392 g/mol. The van der Waals surface area contributed by atoms with E-state index in [9.17, 15) is 14.0 Å². The van der Waals surface area contributed by atoms with Crippen LogP contribution in [0.15, 0.2) is 54.9 Å². The normalized spacial score (nSPS) is 10.8. The number of nitrogens with one attached hydrogen (secondary N) is 3. The van der Waals surface area contributed by atoms with Gasteiger partial charge in [-0.15, -0.1) is 0 Å². The summed E-state index contributed by atoms with van der Waals surface area (Å²) in [6, 6.07) is 10.7. The predicted molar refractivity (Wildman–Crippen MR) is 106 cm³/mol. The molecule has 0 fully saturated rings. The molecule has 146 valence electrons. The Morgan fingerprint density at radius 3 is 2.69 bits per heavy atom. The highest BCUT2D eigenvalue weighted by Gasteiger charge is 2.11. The third kappa shape index (κ3) is 4.29. The van der Waals surface area contributed by atoms with Gasteiger partial charge in [0, 0.05) is 17.4 Å². The summed E-state index contributed by atoms with van der Waals surface area (Å²) >= 11 is 0. The number of hydrogen-bond acceptors (Lipinski definition) is 4. The molecule has 0 aliphatic carbocycles. The Kier molecular flexibility index (Phi) is 4.78. The summed E-state index contributed by atoms with van der Waals surface area (Å²) in [4.78, 5) is 32.0. The van der Waals surface area contributed by atoms with Crippen molar-refractivity contribution < 1.29 is 14.0 Å². The first-order chi connectivity index (χ1) is 14.0. The summed E-state index contributed by atoms with van der Waals surface area (Å²) in [5, 5.41) is 9.48. The first-order valence-electron chi connectivity index (χ1n) is 8.82. The van der Waals surface area contributed by atoms with Gasteiger partial charge in [0.25, 0.3) is 5.91 Å². The molecule has 4 rings (SSSR count). The van der Waals surface area contributed by atoms with Crippen molar-refractivity contribution in [2.75, 3.05) is 10.6 Å². The highest BCUT2D eigenvalue weighted by molar-refractivity contribution is 6.05. The van der Waals surface area contributed by atoms with Crippen LogP contribution in [-0.4, -0.2) is 31.6 Å². The van der Waals surface area contributed by atoms with Crippen molar-refractivity contribution in [1.29, 1.82) is 0 Å². The highest BCUT2D eigenvalue weighted by Crippen LogP contribution is 2.15. The molecule has 0 atom stereocenters. The molecule has 0 radical (unpaired) electrons. The Labute approximate surface area is 164 Å². The van der Waals surface area contributed by atoms with Crippen LogP contribution in [0.1, 0.15) is 16.2 Å². The van der Waals surface area contributed by atoms with Crippen LogP contribution in [0.4, 0.5) is 15.8 Å². The van der Waals surface area contributed by atoms with Gasteiger partial charge in [-0.2, -0.15) is 5.10 Å². The van der Waals surface area contributed by atoms with Crippen LogP contribution in [0.5, 0.6) is 0 Å². The van der Waals surface area contributed by atoms with E-state index in [4.69, 9.17) is 0 Å². The van der Waals surface area contributed by atoms with Gasteiger partial charge in [-0.3, -0.25) is 14.3 Å². The third-order valence-electron chi connectivity index (χ3n) is 4.19. The molecule has 2 aromatic heterocycles. The van der Waals surface area contributed by atoms with Crippen LogP contribution in [0.2, 0.25) is 0 Å². The Bertz CT molecular complexity index is 1200. The maximum atomic E-state index is 12.9. The second-order valence-electron chi connectivity index (χ2n) is 6.49. The molecule has 2 aromatic carbocycles. The van der Waals surface area contributed by atoms with E-state index >= 15 is 0 Å². The fourth-order valence-corrected chi connectivity index (χ4v) is 2.88. The molecule has 0 unspecified atom stereocenters. The number of nitrogens with zero attached hydrogens (tertiary/aromatic N) is 3. The maximum absolute atomic E-state index is 12.9. The van der Waals surface area contributed by atoms with E-state index in [1.807, 2.05) is 6.92 Å². The van der Waals surface area contributed by atoms with E-state index in [1.54, 1.807) is 24.4 Å². The number of rotatable bonds is 5. The number of anilines is 2.